The van der Waals surface area contributed by atoms with E-state index in [0.29, 0.717) is 39.6 Å². The molecule has 0 unspecified atom stereocenters. The van der Waals surface area contributed by atoms with Gasteiger partial charge in [-0.25, -0.2) is 0 Å². The molecule has 33 heavy (non-hydrogen) atoms. The van der Waals surface area contributed by atoms with E-state index < -0.39 is 0 Å². The number of benzene rings is 3. The number of hydrogen-bond acceptors (Lipinski definition) is 7. The van der Waals surface area contributed by atoms with E-state index in [4.69, 9.17) is 23.2 Å². The molecule has 0 aliphatic carbocycles. The number of para-hydroxylation sites is 1. The lowest BCUT2D eigenvalue weighted by Gasteiger charge is -2.19. The summed E-state index contributed by atoms with van der Waals surface area (Å²) in [7, 11) is 1.69. The summed E-state index contributed by atoms with van der Waals surface area (Å²) in [4.78, 5) is 14.5. The molecule has 3 aromatic carbocycles. The first-order valence-corrected chi connectivity index (χ1v) is 11.3. The molecule has 3 N–H and O–H groups in total. The number of nitrogens with one attached hydrogen (secondary N) is 2. The maximum Gasteiger partial charge on any atom is 0.257 e. The van der Waals surface area contributed by atoms with Gasteiger partial charge in [0.2, 0.25) is 0 Å². The first-order valence-electron chi connectivity index (χ1n) is 9.86. The predicted molar refractivity (Wildman–Crippen MR) is 133 cm³/mol. The van der Waals surface area contributed by atoms with Crippen molar-refractivity contribution in [1.29, 1.82) is 0 Å². The number of hydrogen-bond donors (Lipinski definition) is 3. The van der Waals surface area contributed by atoms with Gasteiger partial charge in [-0.1, -0.05) is 65.7 Å². The minimum Gasteiger partial charge on any atom is -0.505 e. The summed E-state index contributed by atoms with van der Waals surface area (Å²) < 4.78 is 8.48. The van der Waals surface area contributed by atoms with E-state index in [0.717, 1.165) is 17.3 Å². The quantitative estimate of drug-likeness (QED) is 0.258. The Hall–Kier alpha value is -3.33. The Morgan fingerprint density at radius 1 is 0.939 bits per heavy atom. The lowest BCUT2D eigenvalue weighted by molar-refractivity contribution is 0.0782. The SMILES string of the molecule is CN(Cc1ccccc1)C(=O)c1cccc(Nc2nsnc2Nc2cccc(Cl)c2Cl)c1O. The number of nitrogens with zero attached hydrogens (tertiary/aromatic N) is 3. The molecule has 0 saturated heterocycles. The van der Waals surface area contributed by atoms with Crippen molar-refractivity contribution in [1.82, 2.24) is 13.6 Å². The number of aromatic nitrogens is 2. The van der Waals surface area contributed by atoms with Crippen LogP contribution in [0.1, 0.15) is 15.9 Å². The zero-order valence-electron chi connectivity index (χ0n) is 17.4. The monoisotopic (exact) mass is 499 g/mol. The largest absolute Gasteiger partial charge is 0.505 e. The van der Waals surface area contributed by atoms with Gasteiger partial charge in [-0.15, -0.1) is 0 Å². The average molecular weight is 500 g/mol. The molecule has 1 amide bonds. The first kappa shape index (κ1) is 22.8. The minimum absolute atomic E-state index is 0.175. The Kier molecular flexibility index (Phi) is 6.98. The molecule has 4 aromatic rings. The van der Waals surface area contributed by atoms with Crippen molar-refractivity contribution >= 4 is 63.8 Å². The Balaban J connectivity index is 1.54. The highest BCUT2D eigenvalue weighted by Crippen LogP contribution is 2.36. The van der Waals surface area contributed by atoms with Gasteiger partial charge in [0, 0.05) is 13.6 Å². The highest BCUT2D eigenvalue weighted by atomic mass is 35.5. The van der Waals surface area contributed by atoms with Gasteiger partial charge in [-0.3, -0.25) is 4.79 Å². The molecule has 0 atom stereocenters. The van der Waals surface area contributed by atoms with Crippen LogP contribution in [-0.4, -0.2) is 31.7 Å². The smallest absolute Gasteiger partial charge is 0.257 e. The fourth-order valence-corrected chi connectivity index (χ4v) is 3.98. The lowest BCUT2D eigenvalue weighted by atomic mass is 10.1. The van der Waals surface area contributed by atoms with Gasteiger partial charge in [0.05, 0.1) is 38.7 Å². The van der Waals surface area contributed by atoms with Gasteiger partial charge >= 0.3 is 0 Å². The van der Waals surface area contributed by atoms with Gasteiger partial charge in [-0.05, 0) is 29.8 Å². The number of phenols is 1. The van der Waals surface area contributed by atoms with E-state index in [2.05, 4.69) is 19.4 Å². The third-order valence-electron chi connectivity index (χ3n) is 4.82. The van der Waals surface area contributed by atoms with Gasteiger partial charge in [-0.2, -0.15) is 8.75 Å². The van der Waals surface area contributed by atoms with E-state index in [-0.39, 0.29) is 17.2 Å². The number of aromatic hydroxyl groups is 1. The van der Waals surface area contributed by atoms with Gasteiger partial charge in [0.25, 0.3) is 5.91 Å². The predicted octanol–water partition coefficient (Wildman–Crippen LogP) is 6.31. The Bertz CT molecular complexity index is 1280. The number of amides is 1. The molecular formula is C23H19Cl2N5O2S. The molecule has 0 fully saturated rings. The van der Waals surface area contributed by atoms with E-state index in [1.165, 1.54) is 0 Å². The second-order valence-corrected chi connectivity index (χ2v) is 8.47. The topological polar surface area (TPSA) is 90.4 Å². The van der Waals surface area contributed by atoms with Crippen molar-refractivity contribution in [3.63, 3.8) is 0 Å². The van der Waals surface area contributed by atoms with Crippen molar-refractivity contribution in [3.8, 4) is 5.75 Å². The highest BCUT2D eigenvalue weighted by molar-refractivity contribution is 6.99. The molecule has 1 aromatic heterocycles. The Morgan fingerprint density at radius 3 is 2.30 bits per heavy atom. The molecule has 10 heteroatoms. The van der Waals surface area contributed by atoms with Crippen molar-refractivity contribution in [2.45, 2.75) is 6.54 Å². The third-order valence-corrected chi connectivity index (χ3v) is 6.17. The van der Waals surface area contributed by atoms with Crippen LogP contribution in [0.4, 0.5) is 23.0 Å². The summed E-state index contributed by atoms with van der Waals surface area (Å²) >= 11 is 13.3. The molecule has 1 heterocycles. The standard InChI is InChI=1S/C23H19Cl2N5O2S/c1-30(13-14-7-3-2-4-8-14)23(32)15-9-5-12-18(20(15)31)27-22-21(28-33-29-22)26-17-11-6-10-16(24)19(17)25/h2-12,31H,13H2,1H3,(H,26,28)(H,27,29). The van der Waals surface area contributed by atoms with Gasteiger partial charge in [0.1, 0.15) is 0 Å². The molecule has 0 aliphatic heterocycles. The molecule has 168 valence electrons. The van der Waals surface area contributed by atoms with Crippen LogP contribution < -0.4 is 10.6 Å². The fourth-order valence-electron chi connectivity index (χ4n) is 3.16. The lowest BCUT2D eigenvalue weighted by Crippen LogP contribution is -2.26. The third kappa shape index (κ3) is 5.19. The van der Waals surface area contributed by atoms with E-state index in [9.17, 15) is 9.90 Å². The normalized spacial score (nSPS) is 10.6. The zero-order valence-corrected chi connectivity index (χ0v) is 19.7. The van der Waals surface area contributed by atoms with Crippen LogP contribution in [0.25, 0.3) is 0 Å². The summed E-state index contributed by atoms with van der Waals surface area (Å²) in [5, 5.41) is 17.7. The zero-order chi connectivity index (χ0) is 23.4. The summed E-state index contributed by atoms with van der Waals surface area (Å²) in [5.41, 5.74) is 2.05. The van der Waals surface area contributed by atoms with Gasteiger partial charge in [0.15, 0.2) is 17.4 Å². The molecular weight excluding hydrogens is 481 g/mol. The first-order chi connectivity index (χ1) is 15.9. The number of carbonyl (C=O) groups excluding carboxylic acids is 1. The maximum atomic E-state index is 13.0. The maximum absolute atomic E-state index is 13.0. The van der Waals surface area contributed by atoms with Crippen LogP contribution in [0.2, 0.25) is 10.0 Å². The molecule has 4 rings (SSSR count). The van der Waals surface area contributed by atoms with Crippen LogP contribution in [0.5, 0.6) is 5.75 Å². The van der Waals surface area contributed by atoms with Crippen molar-refractivity contribution in [3.05, 3.63) is 87.9 Å². The van der Waals surface area contributed by atoms with Crippen LogP contribution in [0.3, 0.4) is 0 Å². The van der Waals surface area contributed by atoms with Crippen LogP contribution in [0.15, 0.2) is 66.7 Å². The van der Waals surface area contributed by atoms with Crippen molar-refractivity contribution in [2.75, 3.05) is 17.7 Å². The molecule has 0 bridgehead atoms. The molecule has 0 spiro atoms. The Morgan fingerprint density at radius 2 is 1.58 bits per heavy atom. The van der Waals surface area contributed by atoms with Crippen molar-refractivity contribution in [2.24, 2.45) is 0 Å². The second-order valence-electron chi connectivity index (χ2n) is 7.16. The average Bonchev–Trinajstić information content (AvgIpc) is 3.25. The molecule has 0 radical (unpaired) electrons. The molecule has 0 saturated carbocycles. The number of phenolic OH excluding ortho intramolecular Hbond substituents is 1. The number of rotatable bonds is 7. The van der Waals surface area contributed by atoms with E-state index in [1.807, 2.05) is 30.3 Å². The van der Waals surface area contributed by atoms with Crippen LogP contribution >= 0.6 is 34.9 Å². The van der Waals surface area contributed by atoms with Crippen LogP contribution in [0, 0.1) is 0 Å². The number of carbonyl (C=O) groups is 1. The Labute approximate surface area is 204 Å². The number of halogens is 2. The van der Waals surface area contributed by atoms with Crippen LogP contribution in [-0.2, 0) is 6.54 Å². The summed E-state index contributed by atoms with van der Waals surface area (Å²) in [5.74, 6) is 0.290. The van der Waals surface area contributed by atoms with E-state index in [1.54, 1.807) is 48.3 Å². The summed E-state index contributed by atoms with van der Waals surface area (Å²) in [6.45, 7) is 0.418. The minimum atomic E-state index is -0.305. The molecule has 7 nitrogen and oxygen atoms in total. The van der Waals surface area contributed by atoms with Crippen molar-refractivity contribution < 1.29 is 9.90 Å². The van der Waals surface area contributed by atoms with E-state index >= 15 is 0 Å². The number of anilines is 4. The fraction of sp³-hybridized carbons (Fsp3) is 0.0870. The summed E-state index contributed by atoms with van der Waals surface area (Å²) in [6.07, 6.45) is 0. The summed E-state index contributed by atoms with van der Waals surface area (Å²) in [6, 6.07) is 19.8. The second kappa shape index (κ2) is 10.1. The highest BCUT2D eigenvalue weighted by Gasteiger charge is 2.20. The van der Waals surface area contributed by atoms with Gasteiger partial charge < -0.3 is 20.6 Å². The molecule has 0 aliphatic rings.